The largest absolute Gasteiger partial charge is 0.489 e. The van der Waals surface area contributed by atoms with Crippen molar-refractivity contribution in [2.75, 3.05) is 6.61 Å². The molecule has 0 bridgehead atoms. The van der Waals surface area contributed by atoms with Gasteiger partial charge in [0, 0.05) is 36.5 Å². The Bertz CT molecular complexity index is 1280. The number of nitrogens with one attached hydrogen (secondary N) is 1. The van der Waals surface area contributed by atoms with Crippen LogP contribution in [0.1, 0.15) is 30.0 Å². The molecule has 8 nitrogen and oxygen atoms in total. The maximum Gasteiger partial charge on any atom is 0.433 e. The Morgan fingerprint density at radius 3 is 2.80 bits per heavy atom. The number of alkyl halides is 3. The second-order valence-electron chi connectivity index (χ2n) is 7.80. The summed E-state index contributed by atoms with van der Waals surface area (Å²) >= 11 is 0. The van der Waals surface area contributed by atoms with Crippen molar-refractivity contribution >= 4 is 22.9 Å². The van der Waals surface area contributed by atoms with Gasteiger partial charge in [-0.15, -0.1) is 0 Å². The van der Waals surface area contributed by atoms with Crippen molar-refractivity contribution in [2.45, 2.75) is 31.8 Å². The summed E-state index contributed by atoms with van der Waals surface area (Å²) in [7, 11) is 0. The first-order valence-electron chi connectivity index (χ1n) is 10.6. The van der Waals surface area contributed by atoms with Gasteiger partial charge in [0.05, 0.1) is 11.7 Å². The van der Waals surface area contributed by atoms with Gasteiger partial charge in [-0.3, -0.25) is 4.98 Å². The number of hydrogen-bond donors (Lipinski definition) is 1. The Balaban J connectivity index is 1.54. The number of pyridine rings is 2. The van der Waals surface area contributed by atoms with Gasteiger partial charge in [0.25, 0.3) is 0 Å². The zero-order valence-electron chi connectivity index (χ0n) is 18.6. The van der Waals surface area contributed by atoms with Gasteiger partial charge in [-0.05, 0) is 17.9 Å². The number of halogens is 3. The maximum atomic E-state index is 13.4. The second-order valence-corrected chi connectivity index (χ2v) is 7.80. The van der Waals surface area contributed by atoms with Crippen LogP contribution in [-0.2, 0) is 17.5 Å². The lowest BCUT2D eigenvalue weighted by Crippen LogP contribution is -2.44. The fourth-order valence-electron chi connectivity index (χ4n) is 3.77. The van der Waals surface area contributed by atoms with Gasteiger partial charge in [-0.1, -0.05) is 36.9 Å². The van der Waals surface area contributed by atoms with E-state index in [0.29, 0.717) is 0 Å². The van der Waals surface area contributed by atoms with Crippen molar-refractivity contribution in [3.8, 4) is 5.75 Å². The van der Waals surface area contributed by atoms with Gasteiger partial charge >= 0.3 is 18.3 Å². The van der Waals surface area contributed by atoms with Crippen molar-refractivity contribution in [1.82, 2.24) is 20.2 Å². The van der Waals surface area contributed by atoms with E-state index < -0.39 is 36.1 Å². The van der Waals surface area contributed by atoms with Gasteiger partial charge in [0.2, 0.25) is 0 Å². The molecule has 0 radical (unpaired) electrons. The van der Waals surface area contributed by atoms with Gasteiger partial charge in [0.15, 0.2) is 6.10 Å². The monoisotopic (exact) mass is 486 g/mol. The zero-order valence-corrected chi connectivity index (χ0v) is 18.6. The molecule has 0 aliphatic carbocycles. The number of hydrogen-bond acceptors (Lipinski definition) is 6. The van der Waals surface area contributed by atoms with Crippen LogP contribution in [0.25, 0.3) is 10.8 Å². The molecule has 182 valence electrons. The van der Waals surface area contributed by atoms with E-state index in [1.807, 2.05) is 24.3 Å². The minimum Gasteiger partial charge on any atom is -0.489 e. The van der Waals surface area contributed by atoms with E-state index in [4.69, 9.17) is 9.47 Å². The van der Waals surface area contributed by atoms with Crippen LogP contribution in [0.3, 0.4) is 0 Å². The first kappa shape index (κ1) is 24.0. The summed E-state index contributed by atoms with van der Waals surface area (Å²) in [4.78, 5) is 33.9. The predicted molar refractivity (Wildman–Crippen MR) is 119 cm³/mol. The fraction of sp³-hybridized carbons (Fsp3) is 0.250. The summed E-state index contributed by atoms with van der Waals surface area (Å²) in [6.07, 6.45) is -2.29. The standard InChI is InChI=1S/C24H21F3N4O4/c1-3-8-34-17-9-19(30-20(10-17)24(25,26)27)21-14(2)31(23(33)35-21)22(32)29-13-16-12-28-11-15-6-4-5-7-18(15)16/h3-7,9-12,14,21H,1,8,13H2,2H3,(H,29,32)/t14-,21-/m0/s1. The van der Waals surface area contributed by atoms with Crippen LogP contribution in [0.4, 0.5) is 22.8 Å². The van der Waals surface area contributed by atoms with E-state index in [0.717, 1.165) is 27.3 Å². The molecule has 0 saturated carbocycles. The number of nitrogens with zero attached hydrogens (tertiary/aromatic N) is 3. The molecule has 11 heteroatoms. The number of cyclic esters (lactones) is 1. The predicted octanol–water partition coefficient (Wildman–Crippen LogP) is 5.01. The Morgan fingerprint density at radius 1 is 1.29 bits per heavy atom. The average molecular weight is 486 g/mol. The summed E-state index contributed by atoms with van der Waals surface area (Å²) in [6.45, 7) is 5.00. The molecule has 3 heterocycles. The van der Waals surface area contributed by atoms with Gasteiger partial charge in [0.1, 0.15) is 18.1 Å². The van der Waals surface area contributed by atoms with Gasteiger partial charge in [-0.25, -0.2) is 19.5 Å². The number of rotatable bonds is 6. The van der Waals surface area contributed by atoms with Crippen LogP contribution >= 0.6 is 0 Å². The number of fused-ring (bicyclic) bond motifs is 1. The molecule has 1 saturated heterocycles. The number of imide groups is 1. The normalized spacial score (nSPS) is 17.8. The Morgan fingerprint density at radius 2 is 2.06 bits per heavy atom. The number of aromatic nitrogens is 2. The first-order chi connectivity index (χ1) is 16.7. The van der Waals surface area contributed by atoms with E-state index >= 15 is 0 Å². The van der Waals surface area contributed by atoms with Crippen LogP contribution < -0.4 is 10.1 Å². The molecule has 2 atom stereocenters. The molecular formula is C24H21F3N4O4. The zero-order chi connectivity index (χ0) is 25.2. The summed E-state index contributed by atoms with van der Waals surface area (Å²) < 4.78 is 50.7. The van der Waals surface area contributed by atoms with Gasteiger partial charge in [-0.2, -0.15) is 13.2 Å². The smallest absolute Gasteiger partial charge is 0.433 e. The fourth-order valence-corrected chi connectivity index (χ4v) is 3.77. The Labute approximate surface area is 198 Å². The maximum absolute atomic E-state index is 13.4. The third kappa shape index (κ3) is 5.03. The highest BCUT2D eigenvalue weighted by Gasteiger charge is 2.45. The number of urea groups is 1. The first-order valence-corrected chi connectivity index (χ1v) is 10.6. The number of amides is 3. The summed E-state index contributed by atoms with van der Waals surface area (Å²) in [6, 6.07) is 7.79. The molecule has 1 N–H and O–H groups in total. The molecule has 3 aromatic rings. The topological polar surface area (TPSA) is 93.7 Å². The SMILES string of the molecule is C=CCOc1cc([C@H]2OC(=O)N(C(=O)NCc3cncc4ccccc34)[C@H]2C)nc(C(F)(F)F)c1. The van der Waals surface area contributed by atoms with Crippen molar-refractivity contribution in [2.24, 2.45) is 0 Å². The molecule has 1 aliphatic heterocycles. The average Bonchev–Trinajstić information content (AvgIpc) is 3.14. The van der Waals surface area contributed by atoms with Crippen molar-refractivity contribution in [1.29, 1.82) is 0 Å². The summed E-state index contributed by atoms with van der Waals surface area (Å²) in [5.74, 6) is -0.114. The van der Waals surface area contributed by atoms with E-state index in [1.54, 1.807) is 12.4 Å². The Hall–Kier alpha value is -4.15. The minimum absolute atomic E-state index is 0.0294. The molecule has 0 spiro atoms. The van der Waals surface area contributed by atoms with E-state index in [2.05, 4.69) is 21.9 Å². The highest BCUT2D eigenvalue weighted by atomic mass is 19.4. The second kappa shape index (κ2) is 9.61. The van der Waals surface area contributed by atoms with Crippen LogP contribution in [0.15, 0.2) is 61.4 Å². The lowest BCUT2D eigenvalue weighted by Gasteiger charge is -2.20. The third-order valence-electron chi connectivity index (χ3n) is 5.44. The lowest BCUT2D eigenvalue weighted by atomic mass is 10.1. The quantitative estimate of drug-likeness (QED) is 0.493. The van der Waals surface area contributed by atoms with E-state index in [9.17, 15) is 22.8 Å². The number of ether oxygens (including phenoxy) is 2. The molecule has 4 rings (SSSR count). The summed E-state index contributed by atoms with van der Waals surface area (Å²) in [5.41, 5.74) is -0.659. The highest BCUT2D eigenvalue weighted by Crippen LogP contribution is 2.36. The number of carbonyl (C=O) groups is 2. The molecular weight excluding hydrogens is 465 g/mol. The van der Waals surface area contributed by atoms with Crippen molar-refractivity contribution in [3.05, 3.63) is 78.4 Å². The Kier molecular flexibility index (Phi) is 6.59. The van der Waals surface area contributed by atoms with Gasteiger partial charge < -0.3 is 14.8 Å². The molecule has 3 amide bonds. The number of benzene rings is 1. The van der Waals surface area contributed by atoms with E-state index in [1.165, 1.54) is 19.1 Å². The molecule has 35 heavy (non-hydrogen) atoms. The van der Waals surface area contributed by atoms with Crippen LogP contribution in [0.5, 0.6) is 5.75 Å². The minimum atomic E-state index is -4.75. The van der Waals surface area contributed by atoms with Crippen LogP contribution in [0.2, 0.25) is 0 Å². The van der Waals surface area contributed by atoms with E-state index in [-0.39, 0.29) is 24.6 Å². The number of carbonyl (C=O) groups excluding carboxylic acids is 2. The summed E-state index contributed by atoms with van der Waals surface area (Å²) in [5, 5.41) is 4.43. The molecule has 0 unspecified atom stereocenters. The molecule has 2 aromatic heterocycles. The molecule has 1 fully saturated rings. The van der Waals surface area contributed by atoms with Crippen LogP contribution in [-0.4, -0.2) is 39.6 Å². The van der Waals surface area contributed by atoms with Crippen molar-refractivity contribution < 1.29 is 32.2 Å². The van der Waals surface area contributed by atoms with Crippen LogP contribution in [0, 0.1) is 0 Å². The highest BCUT2D eigenvalue weighted by molar-refractivity contribution is 5.93. The third-order valence-corrected chi connectivity index (χ3v) is 5.44. The lowest BCUT2D eigenvalue weighted by molar-refractivity contribution is -0.141. The van der Waals surface area contributed by atoms with Crippen molar-refractivity contribution in [3.63, 3.8) is 0 Å². The molecule has 1 aromatic carbocycles. The molecule has 1 aliphatic rings.